The van der Waals surface area contributed by atoms with Gasteiger partial charge in [-0.2, -0.15) is 0 Å². The van der Waals surface area contributed by atoms with Crippen molar-refractivity contribution in [2.24, 2.45) is 0 Å². The molecule has 1 aliphatic heterocycles. The lowest BCUT2D eigenvalue weighted by Crippen LogP contribution is -2.29. The molecule has 0 aliphatic carbocycles. The Bertz CT molecular complexity index is 780. The summed E-state index contributed by atoms with van der Waals surface area (Å²) in [5.74, 6) is 5.98. The monoisotopic (exact) mass is 348 g/mol. The van der Waals surface area contributed by atoms with Crippen molar-refractivity contribution in [3.8, 4) is 17.6 Å². The fraction of sp³-hybridized carbons (Fsp3) is 0.318. The van der Waals surface area contributed by atoms with Gasteiger partial charge >= 0.3 is 5.91 Å². The van der Waals surface area contributed by atoms with Gasteiger partial charge in [-0.15, -0.1) is 0 Å². The second kappa shape index (κ2) is 9.07. The van der Waals surface area contributed by atoms with Gasteiger partial charge in [0.2, 0.25) is 0 Å². The van der Waals surface area contributed by atoms with Gasteiger partial charge < -0.3 is 10.1 Å². The molecule has 2 aromatic carbocycles. The van der Waals surface area contributed by atoms with Gasteiger partial charge in [-0.25, -0.2) is 0 Å². The predicted molar refractivity (Wildman–Crippen MR) is 104 cm³/mol. The molecule has 1 saturated heterocycles. The molecular weight excluding hydrogens is 324 g/mol. The second-order valence-electron chi connectivity index (χ2n) is 6.47. The molecule has 4 heteroatoms. The van der Waals surface area contributed by atoms with Crippen molar-refractivity contribution in [2.75, 3.05) is 25.5 Å². The summed E-state index contributed by atoms with van der Waals surface area (Å²) >= 11 is 0. The average molecular weight is 348 g/mol. The van der Waals surface area contributed by atoms with E-state index in [2.05, 4.69) is 34.2 Å². The molecule has 1 amide bonds. The van der Waals surface area contributed by atoms with E-state index in [0.29, 0.717) is 5.69 Å². The Labute approximate surface area is 155 Å². The van der Waals surface area contributed by atoms with E-state index in [-0.39, 0.29) is 5.91 Å². The molecule has 2 aromatic rings. The lowest BCUT2D eigenvalue weighted by molar-refractivity contribution is -0.111. The highest BCUT2D eigenvalue weighted by molar-refractivity contribution is 6.04. The van der Waals surface area contributed by atoms with E-state index in [1.807, 2.05) is 12.1 Å². The minimum Gasteiger partial charge on any atom is -0.497 e. The number of piperidine rings is 1. The number of carbonyl (C=O) groups excluding carboxylic acids is 1. The van der Waals surface area contributed by atoms with Crippen LogP contribution < -0.4 is 10.1 Å². The SMILES string of the molecule is COc1ccc(NC(=O)C#Cc2ccc(CN3CCCCC3)cc2)cc1. The summed E-state index contributed by atoms with van der Waals surface area (Å²) < 4.78 is 5.09. The predicted octanol–water partition coefficient (Wildman–Crippen LogP) is 3.67. The summed E-state index contributed by atoms with van der Waals surface area (Å²) in [6, 6.07) is 15.3. The maximum absolute atomic E-state index is 11.9. The maximum atomic E-state index is 11.9. The van der Waals surface area contributed by atoms with Crippen LogP contribution in [0, 0.1) is 11.8 Å². The Hall–Kier alpha value is -2.77. The van der Waals surface area contributed by atoms with Gasteiger partial charge in [0.1, 0.15) is 5.75 Å². The molecule has 0 unspecified atom stereocenters. The molecule has 4 nitrogen and oxygen atoms in total. The Kier molecular flexibility index (Phi) is 6.29. The minimum absolute atomic E-state index is 0.326. The van der Waals surface area contributed by atoms with Crippen LogP contribution in [0.1, 0.15) is 30.4 Å². The number of ether oxygens (including phenoxy) is 1. The van der Waals surface area contributed by atoms with Crippen molar-refractivity contribution in [3.05, 3.63) is 59.7 Å². The minimum atomic E-state index is -0.326. The Balaban J connectivity index is 1.54. The molecule has 1 aliphatic rings. The number of hydrogen-bond acceptors (Lipinski definition) is 3. The Morgan fingerprint density at radius 2 is 1.73 bits per heavy atom. The molecule has 3 rings (SSSR count). The third-order valence-corrected chi connectivity index (χ3v) is 4.48. The first kappa shape index (κ1) is 18.0. The van der Waals surface area contributed by atoms with E-state index in [1.165, 1.54) is 37.9 Å². The molecule has 0 saturated carbocycles. The van der Waals surface area contributed by atoms with Crippen LogP contribution >= 0.6 is 0 Å². The van der Waals surface area contributed by atoms with Gasteiger partial charge in [0, 0.05) is 23.7 Å². The highest BCUT2D eigenvalue weighted by Crippen LogP contribution is 2.15. The molecule has 0 atom stereocenters. The number of likely N-dealkylation sites (tertiary alicyclic amines) is 1. The Morgan fingerprint density at radius 3 is 2.38 bits per heavy atom. The largest absolute Gasteiger partial charge is 0.497 e. The molecule has 26 heavy (non-hydrogen) atoms. The molecule has 0 aromatic heterocycles. The van der Waals surface area contributed by atoms with Crippen LogP contribution in [0.25, 0.3) is 0 Å². The summed E-state index contributed by atoms with van der Waals surface area (Å²) in [5, 5.41) is 2.75. The fourth-order valence-electron chi connectivity index (χ4n) is 3.03. The van der Waals surface area contributed by atoms with Crippen LogP contribution in [0.15, 0.2) is 48.5 Å². The first-order chi connectivity index (χ1) is 12.7. The molecule has 134 valence electrons. The quantitative estimate of drug-likeness (QED) is 0.857. The van der Waals surface area contributed by atoms with Crippen molar-refractivity contribution < 1.29 is 9.53 Å². The number of anilines is 1. The van der Waals surface area contributed by atoms with E-state index >= 15 is 0 Å². The van der Waals surface area contributed by atoms with Crippen molar-refractivity contribution >= 4 is 11.6 Å². The van der Waals surface area contributed by atoms with Crippen LogP contribution in [-0.2, 0) is 11.3 Å². The molecule has 0 spiro atoms. The second-order valence-corrected chi connectivity index (χ2v) is 6.47. The number of hydrogen-bond donors (Lipinski definition) is 1. The molecular formula is C22H24N2O2. The Morgan fingerprint density at radius 1 is 1.04 bits per heavy atom. The lowest BCUT2D eigenvalue weighted by Gasteiger charge is -2.26. The molecule has 1 heterocycles. The third-order valence-electron chi connectivity index (χ3n) is 4.48. The van der Waals surface area contributed by atoms with Crippen LogP contribution in [0.5, 0.6) is 5.75 Å². The zero-order valence-electron chi connectivity index (χ0n) is 15.1. The number of benzene rings is 2. The van der Waals surface area contributed by atoms with E-state index in [4.69, 9.17) is 4.74 Å². The van der Waals surface area contributed by atoms with Crippen LogP contribution in [0.3, 0.4) is 0 Å². The summed E-state index contributed by atoms with van der Waals surface area (Å²) in [6.07, 6.45) is 3.95. The topological polar surface area (TPSA) is 41.6 Å². The number of carbonyl (C=O) groups is 1. The summed E-state index contributed by atoms with van der Waals surface area (Å²) in [4.78, 5) is 14.4. The maximum Gasteiger partial charge on any atom is 0.300 e. The first-order valence-corrected chi connectivity index (χ1v) is 9.01. The highest BCUT2D eigenvalue weighted by Gasteiger charge is 2.09. The first-order valence-electron chi connectivity index (χ1n) is 9.01. The number of amides is 1. The van der Waals surface area contributed by atoms with E-state index in [1.54, 1.807) is 31.4 Å². The summed E-state index contributed by atoms with van der Waals surface area (Å²) in [7, 11) is 1.61. The fourth-order valence-corrected chi connectivity index (χ4v) is 3.03. The van der Waals surface area contributed by atoms with Crippen LogP contribution in [0.4, 0.5) is 5.69 Å². The number of nitrogens with zero attached hydrogens (tertiary/aromatic N) is 1. The smallest absolute Gasteiger partial charge is 0.300 e. The van der Waals surface area contributed by atoms with Gasteiger partial charge in [0.05, 0.1) is 7.11 Å². The molecule has 0 bridgehead atoms. The zero-order chi connectivity index (χ0) is 18.2. The van der Waals surface area contributed by atoms with E-state index < -0.39 is 0 Å². The number of rotatable bonds is 4. The molecule has 0 radical (unpaired) electrons. The van der Waals surface area contributed by atoms with Gasteiger partial charge in [-0.3, -0.25) is 9.69 Å². The summed E-state index contributed by atoms with van der Waals surface area (Å²) in [5.41, 5.74) is 2.83. The number of methoxy groups -OCH3 is 1. The van der Waals surface area contributed by atoms with Gasteiger partial charge in [0.15, 0.2) is 0 Å². The van der Waals surface area contributed by atoms with E-state index in [0.717, 1.165) is 17.9 Å². The average Bonchev–Trinajstić information content (AvgIpc) is 2.69. The van der Waals surface area contributed by atoms with Crippen LogP contribution in [0.2, 0.25) is 0 Å². The van der Waals surface area contributed by atoms with E-state index in [9.17, 15) is 4.79 Å². The van der Waals surface area contributed by atoms with Gasteiger partial charge in [-0.1, -0.05) is 24.5 Å². The standard InChI is InChI=1S/C22H24N2O2/c1-26-21-12-10-20(11-13-21)23-22(25)14-9-18-5-7-19(8-6-18)17-24-15-3-2-4-16-24/h5-8,10-13H,2-4,15-17H2,1H3,(H,23,25). The van der Waals surface area contributed by atoms with Crippen molar-refractivity contribution in [3.63, 3.8) is 0 Å². The highest BCUT2D eigenvalue weighted by atomic mass is 16.5. The van der Waals surface area contributed by atoms with Gasteiger partial charge in [0.25, 0.3) is 0 Å². The van der Waals surface area contributed by atoms with Crippen LogP contribution in [-0.4, -0.2) is 31.0 Å². The summed E-state index contributed by atoms with van der Waals surface area (Å²) in [6.45, 7) is 3.37. The lowest BCUT2D eigenvalue weighted by atomic mass is 10.1. The third kappa shape index (κ3) is 5.37. The van der Waals surface area contributed by atoms with Crippen molar-refractivity contribution in [1.82, 2.24) is 4.90 Å². The van der Waals surface area contributed by atoms with Gasteiger partial charge in [-0.05, 0) is 67.9 Å². The van der Waals surface area contributed by atoms with Crippen molar-refractivity contribution in [1.29, 1.82) is 0 Å². The number of nitrogens with one attached hydrogen (secondary N) is 1. The normalized spacial score (nSPS) is 14.2. The molecule has 1 N–H and O–H groups in total. The van der Waals surface area contributed by atoms with Crippen molar-refractivity contribution in [2.45, 2.75) is 25.8 Å². The molecule has 1 fully saturated rings. The zero-order valence-corrected chi connectivity index (χ0v) is 15.1.